The molecular weight excluding hydrogens is 251 g/mol. The molecule has 0 spiro atoms. The number of rotatable bonds is 4. The van der Waals surface area contributed by atoms with Gasteiger partial charge in [0.15, 0.2) is 0 Å². The fourth-order valence-corrected chi connectivity index (χ4v) is 2.82. The molecular formula is C14H17FO2S. The van der Waals surface area contributed by atoms with Gasteiger partial charge in [-0.25, -0.2) is 4.39 Å². The van der Waals surface area contributed by atoms with Gasteiger partial charge in [-0.3, -0.25) is 4.79 Å². The van der Waals surface area contributed by atoms with E-state index in [0.29, 0.717) is 4.90 Å². The highest BCUT2D eigenvalue weighted by Crippen LogP contribution is 2.23. The number of hydrogen-bond donors (Lipinski definition) is 0. The second-order valence-electron chi connectivity index (χ2n) is 4.47. The molecule has 18 heavy (non-hydrogen) atoms. The number of carbonyl (C=O) groups excluding carboxylic acids is 1. The minimum Gasteiger partial charge on any atom is -0.462 e. The van der Waals surface area contributed by atoms with Gasteiger partial charge in [0.1, 0.15) is 11.9 Å². The third-order valence-corrected chi connectivity index (χ3v) is 4.05. The van der Waals surface area contributed by atoms with Crippen LogP contribution in [-0.2, 0) is 9.53 Å². The van der Waals surface area contributed by atoms with Crippen LogP contribution in [0.15, 0.2) is 29.2 Å². The van der Waals surface area contributed by atoms with Crippen molar-refractivity contribution in [3.05, 3.63) is 30.1 Å². The van der Waals surface area contributed by atoms with Gasteiger partial charge in [-0.15, -0.1) is 11.8 Å². The molecule has 0 radical (unpaired) electrons. The van der Waals surface area contributed by atoms with E-state index in [1.165, 1.54) is 24.2 Å². The third kappa shape index (κ3) is 4.02. The van der Waals surface area contributed by atoms with E-state index in [2.05, 4.69) is 0 Å². The maximum Gasteiger partial charge on any atom is 0.316 e. The van der Waals surface area contributed by atoms with Crippen LogP contribution in [0.1, 0.15) is 32.1 Å². The number of esters is 1. The molecule has 0 unspecified atom stereocenters. The van der Waals surface area contributed by atoms with Crippen LogP contribution < -0.4 is 0 Å². The van der Waals surface area contributed by atoms with Crippen molar-refractivity contribution in [1.82, 2.24) is 0 Å². The van der Waals surface area contributed by atoms with Crippen LogP contribution in [-0.4, -0.2) is 17.8 Å². The molecule has 0 aromatic heterocycles. The largest absolute Gasteiger partial charge is 0.462 e. The zero-order valence-electron chi connectivity index (χ0n) is 10.2. The first kappa shape index (κ1) is 13.4. The Morgan fingerprint density at radius 1 is 1.28 bits per heavy atom. The second-order valence-corrected chi connectivity index (χ2v) is 5.49. The Kier molecular flexibility index (Phi) is 5.05. The third-order valence-electron chi connectivity index (χ3n) is 3.03. The summed E-state index contributed by atoms with van der Waals surface area (Å²) in [6, 6.07) is 6.47. The first-order valence-corrected chi connectivity index (χ1v) is 7.31. The fraction of sp³-hybridized carbons (Fsp3) is 0.500. The number of thioether (sulfide) groups is 1. The summed E-state index contributed by atoms with van der Waals surface area (Å²) in [5, 5.41) is 0. The lowest BCUT2D eigenvalue weighted by Gasteiger charge is -2.21. The molecule has 0 N–H and O–H groups in total. The van der Waals surface area contributed by atoms with Crippen LogP contribution in [0.5, 0.6) is 0 Å². The molecule has 98 valence electrons. The number of carbonyl (C=O) groups is 1. The van der Waals surface area contributed by atoms with Gasteiger partial charge < -0.3 is 4.74 Å². The molecule has 1 aromatic rings. The Morgan fingerprint density at radius 3 is 2.72 bits per heavy atom. The quantitative estimate of drug-likeness (QED) is 0.614. The molecule has 0 aliphatic heterocycles. The molecule has 2 rings (SSSR count). The summed E-state index contributed by atoms with van der Waals surface area (Å²) < 4.78 is 18.7. The molecule has 0 heterocycles. The Hall–Kier alpha value is -1.03. The lowest BCUT2D eigenvalue weighted by Crippen LogP contribution is -2.21. The normalized spacial score (nSPS) is 16.5. The number of ether oxygens (including phenoxy) is 1. The zero-order chi connectivity index (χ0) is 12.8. The average molecular weight is 268 g/mol. The molecule has 1 aliphatic carbocycles. The van der Waals surface area contributed by atoms with Gasteiger partial charge in [0.05, 0.1) is 5.75 Å². The highest BCUT2D eigenvalue weighted by molar-refractivity contribution is 8.00. The number of benzene rings is 1. The fourth-order valence-electron chi connectivity index (χ4n) is 2.10. The van der Waals surface area contributed by atoms with E-state index >= 15 is 0 Å². The van der Waals surface area contributed by atoms with Crippen molar-refractivity contribution < 1.29 is 13.9 Å². The van der Waals surface area contributed by atoms with E-state index in [4.69, 9.17) is 4.74 Å². The van der Waals surface area contributed by atoms with Crippen molar-refractivity contribution in [2.24, 2.45) is 0 Å². The van der Waals surface area contributed by atoms with Gasteiger partial charge >= 0.3 is 5.97 Å². The van der Waals surface area contributed by atoms with Gasteiger partial charge in [-0.05, 0) is 37.8 Å². The van der Waals surface area contributed by atoms with Gasteiger partial charge in [0, 0.05) is 4.90 Å². The molecule has 1 saturated carbocycles. The summed E-state index contributed by atoms with van der Waals surface area (Å²) in [7, 11) is 0. The Labute approximate surface area is 111 Å². The number of halogens is 1. The highest BCUT2D eigenvalue weighted by atomic mass is 32.2. The molecule has 1 aliphatic rings. The van der Waals surface area contributed by atoms with Crippen molar-refractivity contribution in [3.8, 4) is 0 Å². The maximum atomic E-state index is 13.3. The summed E-state index contributed by atoms with van der Waals surface area (Å²) in [6.07, 6.45) is 5.52. The molecule has 1 fully saturated rings. The average Bonchev–Trinajstić information content (AvgIpc) is 2.39. The predicted octanol–water partition coefficient (Wildman–Crippen LogP) is 3.79. The van der Waals surface area contributed by atoms with Crippen molar-refractivity contribution in [1.29, 1.82) is 0 Å². The van der Waals surface area contributed by atoms with Crippen LogP contribution in [0.25, 0.3) is 0 Å². The maximum absolute atomic E-state index is 13.3. The predicted molar refractivity (Wildman–Crippen MR) is 70.1 cm³/mol. The van der Waals surface area contributed by atoms with Crippen molar-refractivity contribution in [3.63, 3.8) is 0 Å². The van der Waals surface area contributed by atoms with Crippen LogP contribution in [0.3, 0.4) is 0 Å². The first-order chi connectivity index (χ1) is 8.75. The second kappa shape index (κ2) is 6.78. The van der Waals surface area contributed by atoms with Crippen LogP contribution >= 0.6 is 11.8 Å². The molecule has 1 aromatic carbocycles. The standard InChI is InChI=1S/C14H17FO2S/c15-12-8-4-5-9-13(12)18-10-14(16)17-11-6-2-1-3-7-11/h4-5,8-9,11H,1-3,6-7,10H2. The summed E-state index contributed by atoms with van der Waals surface area (Å²) >= 11 is 1.19. The van der Waals surface area contributed by atoms with E-state index in [9.17, 15) is 9.18 Å². The van der Waals surface area contributed by atoms with E-state index in [-0.39, 0.29) is 23.6 Å². The Morgan fingerprint density at radius 2 is 2.00 bits per heavy atom. The minimum absolute atomic E-state index is 0.0764. The van der Waals surface area contributed by atoms with Crippen molar-refractivity contribution >= 4 is 17.7 Å². The minimum atomic E-state index is -0.284. The topological polar surface area (TPSA) is 26.3 Å². The van der Waals surface area contributed by atoms with Crippen LogP contribution in [0.4, 0.5) is 4.39 Å². The lowest BCUT2D eigenvalue weighted by atomic mass is 9.98. The molecule has 0 atom stereocenters. The zero-order valence-corrected chi connectivity index (χ0v) is 11.0. The van der Waals surface area contributed by atoms with Crippen LogP contribution in [0.2, 0.25) is 0 Å². The van der Waals surface area contributed by atoms with Gasteiger partial charge in [0.25, 0.3) is 0 Å². The highest BCUT2D eigenvalue weighted by Gasteiger charge is 2.17. The molecule has 2 nitrogen and oxygen atoms in total. The monoisotopic (exact) mass is 268 g/mol. The van der Waals surface area contributed by atoms with E-state index in [1.807, 2.05) is 0 Å². The first-order valence-electron chi connectivity index (χ1n) is 6.32. The van der Waals surface area contributed by atoms with E-state index in [0.717, 1.165) is 25.7 Å². The molecule has 0 bridgehead atoms. The van der Waals surface area contributed by atoms with Gasteiger partial charge in [0.2, 0.25) is 0 Å². The molecule has 4 heteroatoms. The summed E-state index contributed by atoms with van der Waals surface area (Å²) in [6.45, 7) is 0. The van der Waals surface area contributed by atoms with Crippen molar-refractivity contribution in [2.45, 2.75) is 43.1 Å². The summed E-state index contributed by atoms with van der Waals surface area (Å²) in [5.74, 6) is -0.347. The summed E-state index contributed by atoms with van der Waals surface area (Å²) in [4.78, 5) is 12.1. The smallest absolute Gasteiger partial charge is 0.316 e. The molecule has 0 amide bonds. The SMILES string of the molecule is O=C(CSc1ccccc1F)OC1CCCCC1. The molecule has 0 saturated heterocycles. The van der Waals surface area contributed by atoms with Gasteiger partial charge in [-0.1, -0.05) is 18.6 Å². The Balaban J connectivity index is 1.76. The van der Waals surface area contributed by atoms with Gasteiger partial charge in [-0.2, -0.15) is 0 Å². The Bertz CT molecular complexity index is 403. The summed E-state index contributed by atoms with van der Waals surface area (Å²) in [5.41, 5.74) is 0. The number of hydrogen-bond acceptors (Lipinski definition) is 3. The van der Waals surface area contributed by atoms with E-state index in [1.54, 1.807) is 18.2 Å². The van der Waals surface area contributed by atoms with Crippen molar-refractivity contribution in [2.75, 3.05) is 5.75 Å². The van der Waals surface area contributed by atoms with Crippen LogP contribution in [0, 0.1) is 5.82 Å². The van der Waals surface area contributed by atoms with E-state index < -0.39 is 0 Å². The lowest BCUT2D eigenvalue weighted by molar-refractivity contribution is -0.147.